The topological polar surface area (TPSA) is 137 Å². The average molecular weight is 562 g/mol. The summed E-state index contributed by atoms with van der Waals surface area (Å²) in [6, 6.07) is 17.6. The Labute approximate surface area is 236 Å². The van der Waals surface area contributed by atoms with Gasteiger partial charge in [-0.2, -0.15) is 0 Å². The molecule has 4 atom stereocenters. The molecule has 3 heterocycles. The zero-order valence-electron chi connectivity index (χ0n) is 22.4. The molecular formula is C30H31N3O8. The van der Waals surface area contributed by atoms with E-state index in [9.17, 15) is 14.7 Å². The number of amides is 3. The maximum Gasteiger partial charge on any atom is 0.323 e. The smallest absolute Gasteiger partial charge is 0.323 e. The normalized spacial score (nSPS) is 21.7. The van der Waals surface area contributed by atoms with Crippen molar-refractivity contribution in [3.63, 3.8) is 0 Å². The van der Waals surface area contributed by atoms with Crippen molar-refractivity contribution in [2.24, 2.45) is 0 Å². The van der Waals surface area contributed by atoms with Gasteiger partial charge in [-0.05, 0) is 66.6 Å². The van der Waals surface area contributed by atoms with E-state index in [-0.39, 0.29) is 43.8 Å². The van der Waals surface area contributed by atoms with Gasteiger partial charge in [0.25, 0.3) is 0 Å². The Morgan fingerprint density at radius 3 is 2.51 bits per heavy atom. The molecule has 0 saturated carbocycles. The van der Waals surface area contributed by atoms with Gasteiger partial charge in [0.15, 0.2) is 11.5 Å². The van der Waals surface area contributed by atoms with Crippen molar-refractivity contribution in [3.8, 4) is 23.0 Å². The lowest BCUT2D eigenvalue weighted by molar-refractivity contribution is -0.142. The van der Waals surface area contributed by atoms with Crippen molar-refractivity contribution in [2.45, 2.75) is 43.6 Å². The third-order valence-electron chi connectivity index (χ3n) is 7.44. The molecule has 41 heavy (non-hydrogen) atoms. The maximum absolute atomic E-state index is 12.8. The standard InChI is InChI=1S/C30H31N3O8/c1-37-20-6-3-18(4-7-20)32-30(36)33-19-5-9-24-22(11-19)23-12-21(40-27(15-34)29(23)41-24)13-28(35)31-14-17-2-8-25-26(10-17)39-16-38-25/h2-11,21,23,27,29,34H,12-16H2,1H3,(H,31,35)(H2,32,33,36)/t21-,23-,27+,29+/m0/s1. The monoisotopic (exact) mass is 561 g/mol. The first-order valence-electron chi connectivity index (χ1n) is 13.4. The molecule has 0 bridgehead atoms. The largest absolute Gasteiger partial charge is 0.497 e. The van der Waals surface area contributed by atoms with Crippen LogP contribution in [-0.2, 0) is 16.1 Å². The number of rotatable bonds is 8. The van der Waals surface area contributed by atoms with Gasteiger partial charge in [0.2, 0.25) is 12.7 Å². The van der Waals surface area contributed by atoms with Gasteiger partial charge >= 0.3 is 6.03 Å². The molecule has 0 radical (unpaired) electrons. The van der Waals surface area contributed by atoms with Crippen molar-refractivity contribution in [1.29, 1.82) is 0 Å². The summed E-state index contributed by atoms with van der Waals surface area (Å²) in [6.45, 7) is 0.302. The van der Waals surface area contributed by atoms with Gasteiger partial charge in [-0.15, -0.1) is 0 Å². The van der Waals surface area contributed by atoms with Gasteiger partial charge < -0.3 is 44.7 Å². The lowest BCUT2D eigenvalue weighted by Gasteiger charge is -2.37. The van der Waals surface area contributed by atoms with Crippen LogP contribution >= 0.6 is 0 Å². The van der Waals surface area contributed by atoms with Crippen LogP contribution in [0.15, 0.2) is 60.7 Å². The van der Waals surface area contributed by atoms with Crippen LogP contribution in [0.5, 0.6) is 23.0 Å². The van der Waals surface area contributed by atoms with Crippen LogP contribution in [0.3, 0.4) is 0 Å². The van der Waals surface area contributed by atoms with E-state index in [2.05, 4.69) is 16.0 Å². The number of methoxy groups -OCH3 is 1. The summed E-state index contributed by atoms with van der Waals surface area (Å²) in [5, 5.41) is 18.6. The molecule has 11 heteroatoms. The molecule has 1 saturated heterocycles. The minimum atomic E-state index is -0.581. The van der Waals surface area contributed by atoms with E-state index in [1.165, 1.54) is 0 Å². The van der Waals surface area contributed by atoms with Gasteiger partial charge in [-0.3, -0.25) is 4.79 Å². The average Bonchev–Trinajstić information content (AvgIpc) is 3.60. The van der Waals surface area contributed by atoms with Crippen LogP contribution in [0.25, 0.3) is 0 Å². The number of fused-ring (bicyclic) bond motifs is 4. The number of aliphatic hydroxyl groups excluding tert-OH is 1. The molecule has 0 unspecified atom stereocenters. The van der Waals surface area contributed by atoms with Crippen LogP contribution in [-0.4, -0.2) is 55.9 Å². The minimum absolute atomic E-state index is 0.103. The maximum atomic E-state index is 12.8. The third-order valence-corrected chi connectivity index (χ3v) is 7.44. The van der Waals surface area contributed by atoms with Crippen molar-refractivity contribution >= 4 is 23.3 Å². The number of benzene rings is 3. The van der Waals surface area contributed by atoms with E-state index in [0.29, 0.717) is 47.3 Å². The SMILES string of the molecule is COc1ccc(NC(=O)Nc2ccc3c(c2)[C@@H]2C[C@@H](CC(=O)NCc4ccc5c(c4)OCO5)O[C@H](CO)[C@@H]2O3)cc1. The van der Waals surface area contributed by atoms with Crippen molar-refractivity contribution in [2.75, 3.05) is 31.1 Å². The van der Waals surface area contributed by atoms with Crippen molar-refractivity contribution in [3.05, 3.63) is 71.8 Å². The second-order valence-electron chi connectivity index (χ2n) is 10.1. The number of anilines is 2. The summed E-state index contributed by atoms with van der Waals surface area (Å²) in [5.74, 6) is 2.46. The molecule has 214 valence electrons. The Kier molecular flexibility index (Phi) is 7.53. The fourth-order valence-corrected chi connectivity index (χ4v) is 5.47. The lowest BCUT2D eigenvalue weighted by Crippen LogP contribution is -2.47. The molecule has 3 amide bonds. The number of ether oxygens (including phenoxy) is 5. The lowest BCUT2D eigenvalue weighted by atomic mass is 9.84. The van der Waals surface area contributed by atoms with Gasteiger partial charge in [0.1, 0.15) is 23.7 Å². The molecule has 0 spiro atoms. The highest BCUT2D eigenvalue weighted by molar-refractivity contribution is 5.99. The number of carbonyl (C=O) groups is 2. The van der Waals surface area contributed by atoms with Gasteiger partial charge in [-0.1, -0.05) is 6.07 Å². The van der Waals surface area contributed by atoms with Crippen molar-refractivity contribution in [1.82, 2.24) is 5.32 Å². The highest BCUT2D eigenvalue weighted by Gasteiger charge is 2.46. The quantitative estimate of drug-likeness (QED) is 0.326. The van der Waals surface area contributed by atoms with Crippen LogP contribution in [0.2, 0.25) is 0 Å². The second kappa shape index (κ2) is 11.6. The van der Waals surface area contributed by atoms with Crippen LogP contribution in [0.1, 0.15) is 29.9 Å². The Morgan fingerprint density at radius 1 is 0.951 bits per heavy atom. The minimum Gasteiger partial charge on any atom is -0.497 e. The van der Waals surface area contributed by atoms with E-state index in [1.807, 2.05) is 24.3 Å². The van der Waals surface area contributed by atoms with Gasteiger partial charge in [0.05, 0.1) is 26.2 Å². The number of hydrogen-bond donors (Lipinski definition) is 4. The summed E-state index contributed by atoms with van der Waals surface area (Å²) < 4.78 is 28.1. The van der Waals surface area contributed by atoms with E-state index in [1.54, 1.807) is 43.5 Å². The fourth-order valence-electron chi connectivity index (χ4n) is 5.47. The predicted octanol–water partition coefficient (Wildman–Crippen LogP) is 3.77. The zero-order chi connectivity index (χ0) is 28.3. The zero-order valence-corrected chi connectivity index (χ0v) is 22.4. The Hall–Kier alpha value is -4.48. The molecule has 0 aromatic heterocycles. The summed E-state index contributed by atoms with van der Waals surface area (Å²) in [6.07, 6.45) is -0.696. The first-order valence-corrected chi connectivity index (χ1v) is 13.4. The van der Waals surface area contributed by atoms with E-state index >= 15 is 0 Å². The molecular weight excluding hydrogens is 530 g/mol. The molecule has 3 aromatic rings. The molecule has 3 aliphatic rings. The predicted molar refractivity (Wildman–Crippen MR) is 149 cm³/mol. The number of carbonyl (C=O) groups excluding carboxylic acids is 2. The Bertz CT molecular complexity index is 1430. The highest BCUT2D eigenvalue weighted by atomic mass is 16.7. The van der Waals surface area contributed by atoms with Gasteiger partial charge in [0, 0.05) is 29.4 Å². The second-order valence-corrected chi connectivity index (χ2v) is 10.1. The molecule has 6 rings (SSSR count). The first-order chi connectivity index (χ1) is 20.0. The molecule has 1 fully saturated rings. The Morgan fingerprint density at radius 2 is 1.71 bits per heavy atom. The molecule has 3 aromatic carbocycles. The van der Waals surface area contributed by atoms with Gasteiger partial charge in [-0.25, -0.2) is 4.79 Å². The summed E-state index contributed by atoms with van der Waals surface area (Å²) in [7, 11) is 1.58. The summed E-state index contributed by atoms with van der Waals surface area (Å²) >= 11 is 0. The van der Waals surface area contributed by atoms with E-state index in [4.69, 9.17) is 23.7 Å². The molecule has 0 aliphatic carbocycles. The van der Waals surface area contributed by atoms with Crippen LogP contribution < -0.4 is 34.9 Å². The number of hydrogen-bond acceptors (Lipinski definition) is 8. The van der Waals surface area contributed by atoms with E-state index < -0.39 is 12.2 Å². The first kappa shape index (κ1) is 26.7. The Balaban J connectivity index is 1.08. The van der Waals surface area contributed by atoms with E-state index in [0.717, 1.165) is 11.1 Å². The van der Waals surface area contributed by atoms with Crippen molar-refractivity contribution < 1.29 is 38.4 Å². The summed E-state index contributed by atoms with van der Waals surface area (Å²) in [4.78, 5) is 25.4. The highest BCUT2D eigenvalue weighted by Crippen LogP contribution is 2.47. The molecule has 11 nitrogen and oxygen atoms in total. The number of nitrogens with one attached hydrogen (secondary N) is 3. The van der Waals surface area contributed by atoms with Crippen LogP contribution in [0.4, 0.5) is 16.2 Å². The number of urea groups is 1. The summed E-state index contributed by atoms with van der Waals surface area (Å²) in [5.41, 5.74) is 3.03. The third kappa shape index (κ3) is 5.86. The molecule has 4 N–H and O–H groups in total. The van der Waals surface area contributed by atoms with Crippen LogP contribution in [0, 0.1) is 0 Å². The number of aliphatic hydroxyl groups is 1. The fraction of sp³-hybridized carbons (Fsp3) is 0.333. The molecule has 3 aliphatic heterocycles.